The van der Waals surface area contributed by atoms with Crippen molar-refractivity contribution in [1.29, 1.82) is 0 Å². The molecule has 1 aliphatic heterocycles. The molecule has 168 valence electrons. The van der Waals surface area contributed by atoms with Gasteiger partial charge in [0.05, 0.1) is 5.92 Å². The van der Waals surface area contributed by atoms with Gasteiger partial charge in [-0.25, -0.2) is 4.79 Å². The van der Waals surface area contributed by atoms with Crippen molar-refractivity contribution in [2.75, 3.05) is 18.1 Å². The second-order valence-electron chi connectivity index (χ2n) is 8.38. The number of nitrogens with zero attached hydrogens (tertiary/aromatic N) is 1. The number of rotatable bonds is 7. The standard InChI is InChI=1S/C23H31N3O5/c1-3-15(2)18-10-6-7-11-19(18)26-13-16(12-21(26)28)22(29)31-14-20(27)25-23(30)24-17-8-4-5-9-17/h6-7,10-11,15-17H,3-5,8-9,12-14H2,1-2H3,(H2,24,25,27,30)/t15-,16-/m1/s1. The van der Waals surface area contributed by atoms with Crippen molar-refractivity contribution in [1.82, 2.24) is 10.6 Å². The van der Waals surface area contributed by atoms with Crippen molar-refractivity contribution in [3.05, 3.63) is 29.8 Å². The lowest BCUT2D eigenvalue weighted by molar-refractivity contribution is -0.152. The highest BCUT2D eigenvalue weighted by atomic mass is 16.5. The van der Waals surface area contributed by atoms with E-state index in [1.807, 2.05) is 24.3 Å². The molecule has 3 rings (SSSR count). The van der Waals surface area contributed by atoms with Crippen LogP contribution in [0.15, 0.2) is 24.3 Å². The molecule has 4 amide bonds. The summed E-state index contributed by atoms with van der Waals surface area (Å²) in [6, 6.07) is 7.23. The third-order valence-electron chi connectivity index (χ3n) is 6.12. The molecule has 1 heterocycles. The first-order valence-electron chi connectivity index (χ1n) is 11.0. The van der Waals surface area contributed by atoms with E-state index in [1.165, 1.54) is 0 Å². The Labute approximate surface area is 182 Å². The monoisotopic (exact) mass is 429 g/mol. The summed E-state index contributed by atoms with van der Waals surface area (Å²) in [5, 5.41) is 4.92. The first-order valence-corrected chi connectivity index (χ1v) is 11.0. The van der Waals surface area contributed by atoms with Gasteiger partial charge < -0.3 is 15.0 Å². The fraction of sp³-hybridized carbons (Fsp3) is 0.565. The zero-order valence-electron chi connectivity index (χ0n) is 18.2. The highest BCUT2D eigenvalue weighted by Gasteiger charge is 2.37. The molecule has 0 bridgehead atoms. The summed E-state index contributed by atoms with van der Waals surface area (Å²) in [5.74, 6) is -1.79. The molecule has 2 aliphatic rings. The highest BCUT2D eigenvalue weighted by molar-refractivity contribution is 6.00. The van der Waals surface area contributed by atoms with Crippen LogP contribution in [-0.2, 0) is 19.1 Å². The number of benzene rings is 1. The molecule has 1 aromatic carbocycles. The Kier molecular flexibility index (Phi) is 7.65. The van der Waals surface area contributed by atoms with E-state index in [1.54, 1.807) is 4.90 Å². The van der Waals surface area contributed by atoms with Crippen molar-refractivity contribution < 1.29 is 23.9 Å². The minimum Gasteiger partial charge on any atom is -0.455 e. The smallest absolute Gasteiger partial charge is 0.321 e. The van der Waals surface area contributed by atoms with Gasteiger partial charge in [-0.05, 0) is 36.8 Å². The van der Waals surface area contributed by atoms with Crippen LogP contribution >= 0.6 is 0 Å². The molecule has 0 aromatic heterocycles. The topological polar surface area (TPSA) is 105 Å². The number of amides is 4. The lowest BCUT2D eigenvalue weighted by Crippen LogP contribution is -2.45. The number of hydrogen-bond acceptors (Lipinski definition) is 5. The van der Waals surface area contributed by atoms with Gasteiger partial charge in [-0.3, -0.25) is 19.7 Å². The zero-order valence-corrected chi connectivity index (χ0v) is 18.2. The highest BCUT2D eigenvalue weighted by Crippen LogP contribution is 2.33. The van der Waals surface area contributed by atoms with E-state index in [4.69, 9.17) is 4.74 Å². The van der Waals surface area contributed by atoms with Gasteiger partial charge >= 0.3 is 12.0 Å². The van der Waals surface area contributed by atoms with Gasteiger partial charge in [0.25, 0.3) is 5.91 Å². The van der Waals surface area contributed by atoms with Crippen molar-refractivity contribution in [2.24, 2.45) is 5.92 Å². The van der Waals surface area contributed by atoms with E-state index in [-0.39, 0.29) is 30.8 Å². The van der Waals surface area contributed by atoms with Crippen LogP contribution < -0.4 is 15.5 Å². The summed E-state index contributed by atoms with van der Waals surface area (Å²) < 4.78 is 5.08. The molecule has 1 saturated heterocycles. The lowest BCUT2D eigenvalue weighted by Gasteiger charge is -2.23. The lowest BCUT2D eigenvalue weighted by atomic mass is 9.96. The molecular formula is C23H31N3O5. The Morgan fingerprint density at radius 1 is 1.19 bits per heavy atom. The fourth-order valence-corrected chi connectivity index (χ4v) is 4.18. The van der Waals surface area contributed by atoms with Crippen LogP contribution in [0.2, 0.25) is 0 Å². The number of hydrogen-bond donors (Lipinski definition) is 2. The SMILES string of the molecule is CC[C@@H](C)c1ccccc1N1C[C@H](C(=O)OCC(=O)NC(=O)NC2CCCC2)CC1=O. The van der Waals surface area contributed by atoms with Crippen LogP contribution in [0.1, 0.15) is 63.9 Å². The van der Waals surface area contributed by atoms with Gasteiger partial charge in [0, 0.05) is 24.7 Å². The maximum absolute atomic E-state index is 12.6. The first-order chi connectivity index (χ1) is 14.9. The van der Waals surface area contributed by atoms with Gasteiger partial charge in [0.1, 0.15) is 0 Å². The molecule has 2 N–H and O–H groups in total. The molecule has 0 unspecified atom stereocenters. The normalized spacial score (nSPS) is 19.9. The second-order valence-corrected chi connectivity index (χ2v) is 8.38. The Bertz CT molecular complexity index is 834. The number of nitrogens with one attached hydrogen (secondary N) is 2. The molecule has 1 aromatic rings. The molecule has 2 fully saturated rings. The van der Waals surface area contributed by atoms with Gasteiger partial charge in [-0.1, -0.05) is 44.9 Å². The molecule has 31 heavy (non-hydrogen) atoms. The van der Waals surface area contributed by atoms with E-state index >= 15 is 0 Å². The number of anilines is 1. The Balaban J connectivity index is 1.50. The third kappa shape index (κ3) is 5.83. The Morgan fingerprint density at radius 3 is 2.61 bits per heavy atom. The molecular weight excluding hydrogens is 398 g/mol. The van der Waals surface area contributed by atoms with Crippen LogP contribution in [0.25, 0.3) is 0 Å². The van der Waals surface area contributed by atoms with E-state index < -0.39 is 30.4 Å². The number of urea groups is 1. The van der Waals surface area contributed by atoms with Crippen molar-refractivity contribution >= 4 is 29.5 Å². The van der Waals surface area contributed by atoms with Crippen LogP contribution in [0.4, 0.5) is 10.5 Å². The van der Waals surface area contributed by atoms with Crippen LogP contribution in [0.5, 0.6) is 0 Å². The second kappa shape index (κ2) is 10.4. The van der Waals surface area contributed by atoms with Gasteiger partial charge in [0.2, 0.25) is 5.91 Å². The summed E-state index contributed by atoms with van der Waals surface area (Å²) in [5.41, 5.74) is 1.89. The molecule has 1 aliphatic carbocycles. The van der Waals surface area contributed by atoms with Crippen LogP contribution in [0.3, 0.4) is 0 Å². The largest absolute Gasteiger partial charge is 0.455 e. The predicted octanol–water partition coefficient (Wildman–Crippen LogP) is 2.86. The Hall–Kier alpha value is -2.90. The van der Waals surface area contributed by atoms with E-state index in [0.717, 1.165) is 43.4 Å². The zero-order chi connectivity index (χ0) is 22.4. The summed E-state index contributed by atoms with van der Waals surface area (Å²) in [6.45, 7) is 3.86. The summed E-state index contributed by atoms with van der Waals surface area (Å²) >= 11 is 0. The molecule has 0 spiro atoms. The number of ether oxygens (including phenoxy) is 1. The molecule has 2 atom stereocenters. The number of esters is 1. The maximum atomic E-state index is 12.6. The minimum atomic E-state index is -0.688. The van der Waals surface area contributed by atoms with Gasteiger partial charge in [-0.2, -0.15) is 0 Å². The van der Waals surface area contributed by atoms with Crippen molar-refractivity contribution in [3.63, 3.8) is 0 Å². The fourth-order valence-electron chi connectivity index (χ4n) is 4.18. The molecule has 8 nitrogen and oxygen atoms in total. The van der Waals surface area contributed by atoms with E-state index in [0.29, 0.717) is 0 Å². The van der Waals surface area contributed by atoms with E-state index in [2.05, 4.69) is 24.5 Å². The number of para-hydroxylation sites is 1. The minimum absolute atomic E-state index is 0.0391. The molecule has 1 saturated carbocycles. The Morgan fingerprint density at radius 2 is 1.90 bits per heavy atom. The maximum Gasteiger partial charge on any atom is 0.321 e. The van der Waals surface area contributed by atoms with Crippen LogP contribution in [0, 0.1) is 5.92 Å². The predicted molar refractivity (Wildman–Crippen MR) is 115 cm³/mol. The van der Waals surface area contributed by atoms with Gasteiger partial charge in [-0.15, -0.1) is 0 Å². The van der Waals surface area contributed by atoms with Crippen molar-refractivity contribution in [3.8, 4) is 0 Å². The van der Waals surface area contributed by atoms with Crippen LogP contribution in [-0.4, -0.2) is 43.0 Å². The number of carbonyl (C=O) groups excluding carboxylic acids is 4. The van der Waals surface area contributed by atoms with Gasteiger partial charge in [0.15, 0.2) is 6.61 Å². The number of imide groups is 1. The quantitative estimate of drug-likeness (QED) is 0.649. The molecule has 0 radical (unpaired) electrons. The summed E-state index contributed by atoms with van der Waals surface area (Å²) in [4.78, 5) is 50.4. The third-order valence-corrected chi connectivity index (χ3v) is 6.12. The summed E-state index contributed by atoms with van der Waals surface area (Å²) in [7, 11) is 0. The summed E-state index contributed by atoms with van der Waals surface area (Å²) in [6.07, 6.45) is 4.92. The average Bonchev–Trinajstić information content (AvgIpc) is 3.40. The average molecular weight is 430 g/mol. The number of carbonyl (C=O) groups is 4. The first kappa shape index (κ1) is 22.8. The van der Waals surface area contributed by atoms with E-state index in [9.17, 15) is 19.2 Å². The van der Waals surface area contributed by atoms with Crippen molar-refractivity contribution in [2.45, 2.75) is 64.3 Å². The molecule has 8 heteroatoms.